The van der Waals surface area contributed by atoms with E-state index in [9.17, 15) is 13.2 Å². The van der Waals surface area contributed by atoms with Gasteiger partial charge in [0.25, 0.3) is 5.91 Å². The Kier molecular flexibility index (Phi) is 5.88. The Bertz CT molecular complexity index is 1190. The third-order valence-electron chi connectivity index (χ3n) is 4.38. The fourth-order valence-electron chi connectivity index (χ4n) is 2.87. The molecule has 0 saturated carbocycles. The number of amides is 1. The van der Waals surface area contributed by atoms with Crippen molar-refractivity contribution in [2.24, 2.45) is 0 Å². The number of carbonyl (C=O) groups excluding carboxylic acids is 1. The zero-order chi connectivity index (χ0) is 21.3. The summed E-state index contributed by atoms with van der Waals surface area (Å²) in [6.07, 6.45) is 0. The van der Waals surface area contributed by atoms with Gasteiger partial charge in [-0.05, 0) is 38.1 Å². The number of ether oxygens (including phenoxy) is 1. The molecule has 0 atom stereocenters. The third-order valence-corrected chi connectivity index (χ3v) is 6.52. The Labute approximate surface area is 174 Å². The Morgan fingerprint density at radius 3 is 2.59 bits per heavy atom. The Morgan fingerprint density at radius 1 is 1.24 bits per heavy atom. The average molecular weight is 437 g/mol. The summed E-state index contributed by atoms with van der Waals surface area (Å²) in [4.78, 5) is 12.7. The molecule has 0 spiro atoms. The van der Waals surface area contributed by atoms with Crippen LogP contribution in [0.15, 0.2) is 45.7 Å². The van der Waals surface area contributed by atoms with Crippen LogP contribution < -0.4 is 10.1 Å². The topological polar surface area (TPSA) is 88.8 Å². The molecule has 0 aliphatic heterocycles. The van der Waals surface area contributed by atoms with Crippen molar-refractivity contribution in [3.8, 4) is 5.75 Å². The molecular formula is C20H21ClN2O5S. The molecule has 0 fully saturated rings. The van der Waals surface area contributed by atoms with Crippen LogP contribution >= 0.6 is 11.6 Å². The molecule has 9 heteroatoms. The van der Waals surface area contributed by atoms with Crippen LogP contribution in [0.25, 0.3) is 11.0 Å². The number of furan rings is 1. The van der Waals surface area contributed by atoms with Gasteiger partial charge >= 0.3 is 0 Å². The minimum Gasteiger partial charge on any atom is -0.492 e. The van der Waals surface area contributed by atoms with E-state index >= 15 is 0 Å². The second-order valence-electron chi connectivity index (χ2n) is 6.51. The minimum absolute atomic E-state index is 0.0356. The monoisotopic (exact) mass is 436 g/mol. The van der Waals surface area contributed by atoms with E-state index in [-0.39, 0.29) is 16.4 Å². The largest absolute Gasteiger partial charge is 0.492 e. The number of aryl methyl sites for hydroxylation is 1. The predicted octanol–water partition coefficient (Wildman–Crippen LogP) is 4.30. The van der Waals surface area contributed by atoms with E-state index in [1.165, 1.54) is 26.2 Å². The molecule has 0 unspecified atom stereocenters. The SMILES string of the molecule is CCOc1ccc(NC(=O)c2oc3c(Cl)cccc3c2C)cc1S(=O)(=O)N(C)C. The number of hydrogen-bond donors (Lipinski definition) is 1. The van der Waals surface area contributed by atoms with Crippen molar-refractivity contribution in [3.63, 3.8) is 0 Å². The van der Waals surface area contributed by atoms with Crippen molar-refractivity contribution >= 4 is 44.2 Å². The molecule has 2 aromatic carbocycles. The van der Waals surface area contributed by atoms with Crippen LogP contribution in [-0.4, -0.2) is 39.3 Å². The lowest BCUT2D eigenvalue weighted by Crippen LogP contribution is -2.23. The molecular weight excluding hydrogens is 416 g/mol. The first-order chi connectivity index (χ1) is 13.7. The van der Waals surface area contributed by atoms with Gasteiger partial charge in [-0.2, -0.15) is 0 Å². The van der Waals surface area contributed by atoms with Crippen LogP contribution in [0.3, 0.4) is 0 Å². The van der Waals surface area contributed by atoms with Gasteiger partial charge in [0.1, 0.15) is 10.6 Å². The Morgan fingerprint density at radius 2 is 1.97 bits per heavy atom. The van der Waals surface area contributed by atoms with E-state index in [1.54, 1.807) is 32.0 Å². The fourth-order valence-corrected chi connectivity index (χ4v) is 4.14. The fraction of sp³-hybridized carbons (Fsp3) is 0.250. The maximum absolute atomic E-state index is 12.8. The van der Waals surface area contributed by atoms with Gasteiger partial charge < -0.3 is 14.5 Å². The molecule has 7 nitrogen and oxygen atoms in total. The average Bonchev–Trinajstić information content (AvgIpc) is 3.01. The standard InChI is InChI=1S/C20H21ClN2O5S/c1-5-27-16-10-9-13(11-17(16)29(25,26)23(3)4)22-20(24)18-12(2)14-7-6-8-15(21)19(14)28-18/h6-11H,5H2,1-4H3,(H,22,24). The van der Waals surface area contributed by atoms with Crippen molar-refractivity contribution < 1.29 is 22.4 Å². The molecule has 1 N–H and O–H groups in total. The van der Waals surface area contributed by atoms with E-state index < -0.39 is 15.9 Å². The van der Waals surface area contributed by atoms with Gasteiger partial charge in [-0.25, -0.2) is 12.7 Å². The number of halogens is 1. The van der Waals surface area contributed by atoms with Crippen molar-refractivity contribution in [2.75, 3.05) is 26.0 Å². The number of benzene rings is 2. The molecule has 154 valence electrons. The number of nitrogens with zero attached hydrogens (tertiary/aromatic N) is 1. The molecule has 0 aliphatic rings. The van der Waals surface area contributed by atoms with Gasteiger partial charge in [-0.15, -0.1) is 0 Å². The molecule has 0 bridgehead atoms. The van der Waals surface area contributed by atoms with Crippen LogP contribution in [0, 0.1) is 6.92 Å². The van der Waals surface area contributed by atoms with Crippen LogP contribution in [0.5, 0.6) is 5.75 Å². The molecule has 3 rings (SSSR count). The molecule has 1 heterocycles. The zero-order valence-corrected chi connectivity index (χ0v) is 18.0. The van der Waals surface area contributed by atoms with E-state index in [4.69, 9.17) is 20.8 Å². The summed E-state index contributed by atoms with van der Waals surface area (Å²) in [5.74, 6) is -0.183. The quantitative estimate of drug-likeness (QED) is 0.622. The first kappa shape index (κ1) is 21.2. The molecule has 0 radical (unpaired) electrons. The van der Waals surface area contributed by atoms with Crippen molar-refractivity contribution in [1.29, 1.82) is 0 Å². The summed E-state index contributed by atoms with van der Waals surface area (Å²) in [5, 5.41) is 3.83. The first-order valence-electron chi connectivity index (χ1n) is 8.85. The number of anilines is 1. The van der Waals surface area contributed by atoms with E-state index in [0.717, 1.165) is 9.69 Å². The van der Waals surface area contributed by atoms with Gasteiger partial charge in [-0.1, -0.05) is 23.7 Å². The normalized spacial score (nSPS) is 11.8. The van der Waals surface area contributed by atoms with Gasteiger partial charge in [0.15, 0.2) is 11.3 Å². The maximum Gasteiger partial charge on any atom is 0.291 e. The summed E-state index contributed by atoms with van der Waals surface area (Å²) < 4.78 is 37.5. The number of para-hydroxylation sites is 1. The summed E-state index contributed by atoms with van der Waals surface area (Å²) in [7, 11) is -0.914. The number of sulfonamides is 1. The molecule has 0 aliphatic carbocycles. The van der Waals surface area contributed by atoms with Crippen LogP contribution in [0.2, 0.25) is 5.02 Å². The van der Waals surface area contributed by atoms with E-state index in [0.29, 0.717) is 28.5 Å². The second kappa shape index (κ2) is 8.06. The highest BCUT2D eigenvalue weighted by molar-refractivity contribution is 7.89. The number of rotatable bonds is 6. The lowest BCUT2D eigenvalue weighted by Gasteiger charge is -2.16. The highest BCUT2D eigenvalue weighted by atomic mass is 35.5. The van der Waals surface area contributed by atoms with E-state index in [2.05, 4.69) is 5.32 Å². The van der Waals surface area contributed by atoms with Crippen molar-refractivity contribution in [1.82, 2.24) is 4.31 Å². The van der Waals surface area contributed by atoms with Crippen molar-refractivity contribution in [3.05, 3.63) is 52.7 Å². The number of nitrogens with one attached hydrogen (secondary N) is 1. The van der Waals surface area contributed by atoms with Gasteiger partial charge in [0.2, 0.25) is 10.0 Å². The summed E-state index contributed by atoms with van der Waals surface area (Å²) in [6, 6.07) is 9.72. The van der Waals surface area contributed by atoms with Crippen LogP contribution in [0.1, 0.15) is 23.0 Å². The maximum atomic E-state index is 12.8. The zero-order valence-electron chi connectivity index (χ0n) is 16.4. The Hall–Kier alpha value is -2.55. The second-order valence-corrected chi connectivity index (χ2v) is 9.04. The highest BCUT2D eigenvalue weighted by Gasteiger charge is 2.24. The summed E-state index contributed by atoms with van der Waals surface area (Å²) in [5.41, 5.74) is 1.37. The molecule has 3 aromatic rings. The van der Waals surface area contributed by atoms with E-state index in [1.807, 2.05) is 6.07 Å². The first-order valence-corrected chi connectivity index (χ1v) is 10.7. The predicted molar refractivity (Wildman–Crippen MR) is 112 cm³/mol. The summed E-state index contributed by atoms with van der Waals surface area (Å²) in [6.45, 7) is 3.83. The number of carbonyl (C=O) groups is 1. The van der Waals surface area contributed by atoms with Gasteiger partial charge in [0.05, 0.1) is 11.6 Å². The summed E-state index contributed by atoms with van der Waals surface area (Å²) >= 11 is 6.14. The molecule has 1 amide bonds. The number of fused-ring (bicyclic) bond motifs is 1. The van der Waals surface area contributed by atoms with Gasteiger partial charge in [0, 0.05) is 30.7 Å². The van der Waals surface area contributed by atoms with Gasteiger partial charge in [-0.3, -0.25) is 4.79 Å². The Balaban J connectivity index is 1.99. The number of hydrogen-bond acceptors (Lipinski definition) is 5. The molecule has 29 heavy (non-hydrogen) atoms. The minimum atomic E-state index is -3.77. The highest BCUT2D eigenvalue weighted by Crippen LogP contribution is 2.32. The van der Waals surface area contributed by atoms with Crippen LogP contribution in [-0.2, 0) is 10.0 Å². The lowest BCUT2D eigenvalue weighted by atomic mass is 10.1. The smallest absolute Gasteiger partial charge is 0.291 e. The molecule has 1 aromatic heterocycles. The van der Waals surface area contributed by atoms with Crippen molar-refractivity contribution in [2.45, 2.75) is 18.7 Å². The van der Waals surface area contributed by atoms with Crippen LogP contribution in [0.4, 0.5) is 5.69 Å². The lowest BCUT2D eigenvalue weighted by molar-refractivity contribution is 0.0998. The third kappa shape index (κ3) is 3.96. The molecule has 0 saturated heterocycles.